The minimum atomic E-state index is -1.92. The van der Waals surface area contributed by atoms with Gasteiger partial charge in [-0.15, -0.1) is 0 Å². The van der Waals surface area contributed by atoms with E-state index < -0.39 is 8.32 Å². The summed E-state index contributed by atoms with van der Waals surface area (Å²) in [6.45, 7) is 19.7. The fraction of sp³-hybridized carbons (Fsp3) is 0.438. The zero-order chi connectivity index (χ0) is 31.1. The van der Waals surface area contributed by atoms with Gasteiger partial charge in [-0.1, -0.05) is 50.0 Å². The number of halogens is 2. The van der Waals surface area contributed by atoms with Crippen LogP contribution in [0.5, 0.6) is 5.75 Å². The smallest absolute Gasteiger partial charge is 0.192 e. The number of aromatic nitrogens is 5. The molecule has 11 heteroatoms. The molecule has 0 aliphatic carbocycles. The number of hydrogen-bond donors (Lipinski definition) is 0. The number of fused-ring (bicyclic) bond motifs is 1. The summed E-state index contributed by atoms with van der Waals surface area (Å²) in [5.41, 5.74) is 5.28. The number of pyridine rings is 1. The van der Waals surface area contributed by atoms with Gasteiger partial charge in [0.05, 0.1) is 40.3 Å². The topological polar surface area (TPSA) is 78.2 Å². The molecule has 1 atom stereocenters. The van der Waals surface area contributed by atoms with Crippen molar-refractivity contribution in [3.05, 3.63) is 69.6 Å². The molecular weight excluding hydrogens is 599 g/mol. The Morgan fingerprint density at radius 3 is 2.53 bits per heavy atom. The van der Waals surface area contributed by atoms with E-state index in [-0.39, 0.29) is 11.1 Å². The molecule has 5 rings (SSSR count). The van der Waals surface area contributed by atoms with E-state index in [0.29, 0.717) is 59.1 Å². The summed E-state index contributed by atoms with van der Waals surface area (Å²) >= 11 is 13.5. The highest BCUT2D eigenvalue weighted by atomic mass is 35.5. The largest absolute Gasteiger partial charge is 0.491 e. The van der Waals surface area contributed by atoms with Crippen LogP contribution in [-0.4, -0.2) is 45.8 Å². The number of hydrogen-bond acceptors (Lipinski definition) is 7. The maximum absolute atomic E-state index is 6.80. The zero-order valence-electron chi connectivity index (χ0n) is 26.2. The van der Waals surface area contributed by atoms with Crippen molar-refractivity contribution in [3.8, 4) is 28.5 Å². The van der Waals surface area contributed by atoms with E-state index in [4.69, 9.17) is 42.3 Å². The maximum Gasteiger partial charge on any atom is 0.192 e. The van der Waals surface area contributed by atoms with Crippen molar-refractivity contribution in [1.82, 2.24) is 24.7 Å². The minimum absolute atomic E-state index is 0.0595. The molecule has 0 bridgehead atoms. The summed E-state index contributed by atoms with van der Waals surface area (Å²) in [6.07, 6.45) is 3.43. The van der Waals surface area contributed by atoms with Crippen LogP contribution in [0, 0.1) is 6.92 Å². The molecule has 0 unspecified atom stereocenters. The van der Waals surface area contributed by atoms with Gasteiger partial charge in [-0.25, -0.2) is 9.97 Å². The normalized spacial score (nSPS) is 14.2. The quantitative estimate of drug-likeness (QED) is 0.170. The second-order valence-electron chi connectivity index (χ2n) is 12.6. The summed E-state index contributed by atoms with van der Waals surface area (Å²) in [5.74, 6) is 1.96. The van der Waals surface area contributed by atoms with E-state index in [1.165, 1.54) is 5.56 Å². The van der Waals surface area contributed by atoms with Crippen molar-refractivity contribution in [3.63, 3.8) is 0 Å². The molecule has 0 saturated carbocycles. The van der Waals surface area contributed by atoms with E-state index in [9.17, 15) is 0 Å². The van der Waals surface area contributed by atoms with Gasteiger partial charge in [0.1, 0.15) is 23.9 Å². The van der Waals surface area contributed by atoms with Gasteiger partial charge in [0.2, 0.25) is 0 Å². The summed E-state index contributed by atoms with van der Waals surface area (Å²) in [6, 6.07) is 9.67. The first-order chi connectivity index (χ1) is 20.3. The predicted octanol–water partition coefficient (Wildman–Crippen LogP) is 8.35. The fourth-order valence-electron chi connectivity index (χ4n) is 5.04. The van der Waals surface area contributed by atoms with Gasteiger partial charge < -0.3 is 14.1 Å². The monoisotopic (exact) mass is 638 g/mol. The van der Waals surface area contributed by atoms with Crippen molar-refractivity contribution in [2.45, 2.75) is 85.4 Å². The number of ether oxygens (including phenoxy) is 1. The van der Waals surface area contributed by atoms with Gasteiger partial charge in [0.15, 0.2) is 14.1 Å². The molecule has 0 saturated heterocycles. The molecule has 0 fully saturated rings. The Morgan fingerprint density at radius 2 is 1.84 bits per heavy atom. The highest BCUT2D eigenvalue weighted by molar-refractivity contribution is 6.74. The lowest BCUT2D eigenvalue weighted by Gasteiger charge is -2.38. The van der Waals surface area contributed by atoms with Gasteiger partial charge in [-0.2, -0.15) is 5.10 Å². The number of nitrogens with zero attached hydrogens (tertiary/aromatic N) is 6. The van der Waals surface area contributed by atoms with E-state index in [0.717, 1.165) is 22.8 Å². The van der Waals surface area contributed by atoms with Crippen LogP contribution < -0.4 is 9.64 Å². The van der Waals surface area contributed by atoms with Crippen LogP contribution in [0.1, 0.15) is 51.4 Å². The van der Waals surface area contributed by atoms with Crippen molar-refractivity contribution in [2.75, 3.05) is 11.5 Å². The average Bonchev–Trinajstić information content (AvgIpc) is 3.55. The first-order valence-electron chi connectivity index (χ1n) is 14.7. The molecule has 1 aliphatic rings. The molecule has 0 spiro atoms. The fourth-order valence-corrected chi connectivity index (χ4v) is 6.90. The van der Waals surface area contributed by atoms with Crippen molar-refractivity contribution >= 4 is 37.3 Å². The highest BCUT2D eigenvalue weighted by Crippen LogP contribution is 2.40. The van der Waals surface area contributed by atoms with Gasteiger partial charge in [-0.05, 0) is 68.7 Å². The molecule has 3 aromatic heterocycles. The standard InChI is InChI=1S/C32H40Cl2N6O2Si/c1-9-40-29(26(34)16-36-40)28-21(3)31(39-17-22-11-10-14-35-27(22)18-39)38-30(37-28)24-15-23(12-13-25(24)33)41-19-20(2)42-43(7,8)32(4,5)6/h10-16,20H,9,17-19H2,1-8H3/t20-/m1/s1. The predicted molar refractivity (Wildman–Crippen MR) is 176 cm³/mol. The highest BCUT2D eigenvalue weighted by Gasteiger charge is 2.38. The lowest BCUT2D eigenvalue weighted by molar-refractivity contribution is 0.129. The molecule has 4 heterocycles. The number of rotatable bonds is 9. The van der Waals surface area contributed by atoms with E-state index in [1.54, 1.807) is 6.20 Å². The van der Waals surface area contributed by atoms with Crippen LogP contribution in [-0.2, 0) is 24.1 Å². The minimum Gasteiger partial charge on any atom is -0.491 e. The maximum atomic E-state index is 6.80. The Labute approximate surface area is 265 Å². The van der Waals surface area contributed by atoms with E-state index in [2.05, 4.69) is 61.8 Å². The molecule has 0 amide bonds. The summed E-state index contributed by atoms with van der Waals surface area (Å²) < 4.78 is 14.6. The second-order valence-corrected chi connectivity index (χ2v) is 18.2. The molecule has 228 valence electrons. The zero-order valence-corrected chi connectivity index (χ0v) is 28.7. The van der Waals surface area contributed by atoms with Crippen LogP contribution in [0.4, 0.5) is 5.82 Å². The van der Waals surface area contributed by atoms with Crippen LogP contribution in [0.15, 0.2) is 42.7 Å². The first kappa shape index (κ1) is 31.4. The Bertz CT molecular complexity index is 1610. The van der Waals surface area contributed by atoms with Crippen LogP contribution in [0.3, 0.4) is 0 Å². The van der Waals surface area contributed by atoms with Crippen molar-refractivity contribution in [1.29, 1.82) is 0 Å². The van der Waals surface area contributed by atoms with Crippen molar-refractivity contribution in [2.24, 2.45) is 0 Å². The molecule has 0 N–H and O–H groups in total. The lowest BCUT2D eigenvalue weighted by atomic mass is 10.1. The van der Waals surface area contributed by atoms with Gasteiger partial charge in [-0.3, -0.25) is 9.67 Å². The lowest BCUT2D eigenvalue weighted by Crippen LogP contribution is -2.44. The van der Waals surface area contributed by atoms with Gasteiger partial charge in [0, 0.05) is 30.4 Å². The van der Waals surface area contributed by atoms with Crippen LogP contribution in [0.2, 0.25) is 28.2 Å². The third-order valence-corrected chi connectivity index (χ3v) is 13.6. The Morgan fingerprint density at radius 1 is 1.07 bits per heavy atom. The molecule has 8 nitrogen and oxygen atoms in total. The average molecular weight is 640 g/mol. The van der Waals surface area contributed by atoms with E-state index in [1.807, 2.05) is 49.0 Å². The third-order valence-electron chi connectivity index (χ3n) is 8.39. The second kappa shape index (κ2) is 12.2. The summed E-state index contributed by atoms with van der Waals surface area (Å²) in [4.78, 5) is 16.9. The molecule has 4 aromatic rings. The van der Waals surface area contributed by atoms with Gasteiger partial charge >= 0.3 is 0 Å². The van der Waals surface area contributed by atoms with E-state index >= 15 is 0 Å². The van der Waals surface area contributed by atoms with Crippen molar-refractivity contribution < 1.29 is 9.16 Å². The summed E-state index contributed by atoms with van der Waals surface area (Å²) in [5, 5.41) is 5.65. The Hall–Kier alpha value is -2.98. The third kappa shape index (κ3) is 6.45. The molecular formula is C32H40Cl2N6O2Si. The molecule has 0 radical (unpaired) electrons. The van der Waals surface area contributed by atoms with Crippen LogP contribution in [0.25, 0.3) is 22.8 Å². The Kier molecular flexibility index (Phi) is 8.91. The number of benzene rings is 1. The Balaban J connectivity index is 1.52. The SMILES string of the molecule is CCn1ncc(Cl)c1-c1nc(-c2cc(OC[C@@H](C)O[Si](C)(C)C(C)(C)C)ccc2Cl)nc(N2Cc3cccnc3C2)c1C. The van der Waals surface area contributed by atoms with Crippen LogP contribution >= 0.6 is 23.2 Å². The first-order valence-corrected chi connectivity index (χ1v) is 18.3. The number of aryl methyl sites for hydroxylation is 1. The molecule has 43 heavy (non-hydrogen) atoms. The molecule has 1 aliphatic heterocycles. The number of anilines is 1. The van der Waals surface area contributed by atoms with Gasteiger partial charge in [0.25, 0.3) is 0 Å². The molecule has 1 aromatic carbocycles. The summed E-state index contributed by atoms with van der Waals surface area (Å²) in [7, 11) is -1.92.